The van der Waals surface area contributed by atoms with Gasteiger partial charge < -0.3 is 10.4 Å². The number of nitrogens with zero attached hydrogens (tertiary/aromatic N) is 1. The molecule has 2 aromatic carbocycles. The minimum absolute atomic E-state index is 0.115. The van der Waals surface area contributed by atoms with E-state index in [0.717, 1.165) is 6.07 Å². The lowest BCUT2D eigenvalue weighted by Crippen LogP contribution is -2.19. The average Bonchev–Trinajstić information content (AvgIpc) is 2.56. The Morgan fingerprint density at radius 3 is 2.29 bits per heavy atom. The van der Waals surface area contributed by atoms with Gasteiger partial charge in [0.1, 0.15) is 5.75 Å². The normalized spacial score (nSPS) is 11.8. The van der Waals surface area contributed by atoms with E-state index >= 15 is 0 Å². The van der Waals surface area contributed by atoms with E-state index in [1.165, 1.54) is 19.1 Å². The van der Waals surface area contributed by atoms with Gasteiger partial charge in [0, 0.05) is 16.3 Å². The molecule has 2 N–H and O–H groups in total. The molecule has 0 bridgehead atoms. The van der Waals surface area contributed by atoms with Crippen LogP contribution in [-0.4, -0.2) is 11.0 Å². The lowest BCUT2D eigenvalue weighted by atomic mass is 9.84. The molecular formula is C20H18ClF3N2O2. The Balaban J connectivity index is 2.53. The number of carbonyl (C=O) groups excluding carboxylic acids is 1. The number of anilines is 1. The fourth-order valence-electron chi connectivity index (χ4n) is 2.73. The zero-order valence-electron chi connectivity index (χ0n) is 15.6. The van der Waals surface area contributed by atoms with E-state index < -0.39 is 28.6 Å². The van der Waals surface area contributed by atoms with Crippen molar-refractivity contribution in [2.24, 2.45) is 0 Å². The quantitative estimate of drug-likeness (QED) is 0.657. The van der Waals surface area contributed by atoms with Gasteiger partial charge in [0.25, 0.3) is 5.91 Å². The molecule has 28 heavy (non-hydrogen) atoms. The maximum atomic E-state index is 13.1. The second-order valence-electron chi connectivity index (χ2n) is 7.33. The smallest absolute Gasteiger partial charge is 0.417 e. The molecule has 0 aliphatic heterocycles. The van der Waals surface area contributed by atoms with Gasteiger partial charge in [-0.05, 0) is 42.2 Å². The van der Waals surface area contributed by atoms with E-state index in [9.17, 15) is 23.1 Å². The molecule has 0 saturated heterocycles. The molecule has 0 atom stereocenters. The third-order valence-corrected chi connectivity index (χ3v) is 4.63. The Bertz CT molecular complexity index is 987. The molecule has 148 valence electrons. The molecular weight excluding hydrogens is 393 g/mol. The van der Waals surface area contributed by atoms with Crippen LogP contribution >= 0.6 is 11.6 Å². The predicted octanol–water partition coefficient (Wildman–Crippen LogP) is 5.79. The zero-order valence-corrected chi connectivity index (χ0v) is 16.4. The highest BCUT2D eigenvalue weighted by Crippen LogP contribution is 2.39. The van der Waals surface area contributed by atoms with Crippen LogP contribution in [0.15, 0.2) is 24.3 Å². The first-order valence-electron chi connectivity index (χ1n) is 8.22. The van der Waals surface area contributed by atoms with Crippen LogP contribution in [0.3, 0.4) is 0 Å². The van der Waals surface area contributed by atoms with Crippen molar-refractivity contribution in [2.75, 3.05) is 5.32 Å². The Labute approximate surface area is 165 Å². The van der Waals surface area contributed by atoms with Crippen LogP contribution in [0.4, 0.5) is 18.9 Å². The summed E-state index contributed by atoms with van der Waals surface area (Å²) < 4.78 is 39.4. The number of aromatic hydroxyl groups is 1. The van der Waals surface area contributed by atoms with Gasteiger partial charge in [0.15, 0.2) is 0 Å². The second kappa shape index (κ2) is 7.36. The number of halogens is 4. The van der Waals surface area contributed by atoms with Crippen LogP contribution in [0, 0.1) is 18.3 Å². The number of phenolic OH excluding ortho intramolecular Hbond substituents is 1. The summed E-state index contributed by atoms with van der Waals surface area (Å²) in [6, 6.07) is 5.88. The largest absolute Gasteiger partial charge is 0.507 e. The molecule has 0 aromatic heterocycles. The molecule has 0 fully saturated rings. The van der Waals surface area contributed by atoms with E-state index in [4.69, 9.17) is 16.9 Å². The highest BCUT2D eigenvalue weighted by atomic mass is 35.5. The number of carbonyl (C=O) groups is 1. The zero-order chi connectivity index (χ0) is 21.4. The summed E-state index contributed by atoms with van der Waals surface area (Å²) in [4.78, 5) is 12.7. The first-order chi connectivity index (χ1) is 12.8. The van der Waals surface area contributed by atoms with Gasteiger partial charge in [-0.2, -0.15) is 18.4 Å². The van der Waals surface area contributed by atoms with Crippen molar-refractivity contribution in [1.29, 1.82) is 5.26 Å². The van der Waals surface area contributed by atoms with Crippen molar-refractivity contribution in [1.82, 2.24) is 0 Å². The molecule has 2 aromatic rings. The number of phenols is 1. The lowest BCUT2D eigenvalue weighted by molar-refractivity contribution is -0.137. The molecule has 0 radical (unpaired) electrons. The van der Waals surface area contributed by atoms with Crippen LogP contribution in [0.2, 0.25) is 5.02 Å². The van der Waals surface area contributed by atoms with Gasteiger partial charge in [0.2, 0.25) is 0 Å². The Hall–Kier alpha value is -2.72. The molecule has 1 amide bonds. The van der Waals surface area contributed by atoms with Crippen molar-refractivity contribution in [3.8, 4) is 11.8 Å². The predicted molar refractivity (Wildman–Crippen MR) is 101 cm³/mol. The molecule has 0 aliphatic rings. The Morgan fingerprint density at radius 1 is 1.18 bits per heavy atom. The summed E-state index contributed by atoms with van der Waals surface area (Å²) in [5, 5.41) is 22.1. The number of amides is 1. The van der Waals surface area contributed by atoms with Crippen LogP contribution < -0.4 is 5.32 Å². The molecule has 0 saturated carbocycles. The summed E-state index contributed by atoms with van der Waals surface area (Å²) >= 11 is 6.19. The standard InChI is InChI=1S/C20H18ClF3N2O2/c1-10-15(21)8-14(19(2,3)4)17(27)16(10)18(28)26-12-6-5-11(9-25)13(7-12)20(22,23)24/h5-8,27H,1-4H3,(H,26,28). The summed E-state index contributed by atoms with van der Waals surface area (Å²) in [5.74, 6) is -1.09. The fraction of sp³-hybridized carbons (Fsp3) is 0.300. The number of benzene rings is 2. The Kier molecular flexibility index (Phi) is 5.67. The fourth-order valence-corrected chi connectivity index (χ4v) is 2.94. The van der Waals surface area contributed by atoms with Crippen molar-refractivity contribution in [2.45, 2.75) is 39.3 Å². The lowest BCUT2D eigenvalue weighted by Gasteiger charge is -2.23. The number of hydrogen-bond donors (Lipinski definition) is 2. The van der Waals surface area contributed by atoms with Gasteiger partial charge in [0.05, 0.1) is 22.8 Å². The molecule has 0 unspecified atom stereocenters. The van der Waals surface area contributed by atoms with Crippen LogP contribution in [0.5, 0.6) is 5.75 Å². The van der Waals surface area contributed by atoms with E-state index in [1.807, 2.05) is 20.8 Å². The van der Waals surface area contributed by atoms with Crippen molar-refractivity contribution in [3.63, 3.8) is 0 Å². The van der Waals surface area contributed by atoms with Crippen LogP contribution in [0.25, 0.3) is 0 Å². The van der Waals surface area contributed by atoms with Gasteiger partial charge >= 0.3 is 6.18 Å². The minimum atomic E-state index is -4.75. The third-order valence-electron chi connectivity index (χ3n) is 4.23. The molecule has 0 aliphatic carbocycles. The van der Waals surface area contributed by atoms with Gasteiger partial charge in [-0.1, -0.05) is 32.4 Å². The summed E-state index contributed by atoms with van der Waals surface area (Å²) in [6.45, 7) is 7.01. The highest BCUT2D eigenvalue weighted by Gasteiger charge is 2.34. The van der Waals surface area contributed by atoms with Gasteiger partial charge in [-0.3, -0.25) is 4.79 Å². The van der Waals surface area contributed by atoms with Crippen molar-refractivity contribution < 1.29 is 23.1 Å². The Morgan fingerprint density at radius 2 is 1.79 bits per heavy atom. The van der Waals surface area contributed by atoms with E-state index in [1.54, 1.807) is 6.07 Å². The monoisotopic (exact) mass is 410 g/mol. The molecule has 0 heterocycles. The van der Waals surface area contributed by atoms with Crippen LogP contribution in [-0.2, 0) is 11.6 Å². The summed E-state index contributed by atoms with van der Waals surface area (Å²) in [5.41, 5.74) is -1.77. The number of nitrogens with one attached hydrogen (secondary N) is 1. The summed E-state index contributed by atoms with van der Waals surface area (Å²) in [7, 11) is 0. The number of alkyl halides is 3. The first kappa shape index (κ1) is 21.6. The molecule has 0 spiro atoms. The van der Waals surface area contributed by atoms with E-state index in [-0.39, 0.29) is 22.0 Å². The SMILES string of the molecule is Cc1c(Cl)cc(C(C)(C)C)c(O)c1C(=O)Nc1ccc(C#N)c(C(F)(F)F)c1. The molecule has 4 nitrogen and oxygen atoms in total. The molecule has 8 heteroatoms. The third kappa shape index (κ3) is 4.23. The van der Waals surface area contributed by atoms with Crippen molar-refractivity contribution >= 4 is 23.2 Å². The van der Waals surface area contributed by atoms with E-state index in [0.29, 0.717) is 17.2 Å². The average molecular weight is 411 g/mol. The van der Waals surface area contributed by atoms with Crippen LogP contribution in [0.1, 0.15) is 53.4 Å². The van der Waals surface area contributed by atoms with Crippen molar-refractivity contribution in [3.05, 3.63) is 57.1 Å². The van der Waals surface area contributed by atoms with Gasteiger partial charge in [-0.25, -0.2) is 0 Å². The minimum Gasteiger partial charge on any atom is -0.507 e. The summed E-state index contributed by atoms with van der Waals surface area (Å²) in [6.07, 6.45) is -4.75. The van der Waals surface area contributed by atoms with E-state index in [2.05, 4.69) is 5.32 Å². The number of nitriles is 1. The highest BCUT2D eigenvalue weighted by molar-refractivity contribution is 6.32. The van der Waals surface area contributed by atoms with Gasteiger partial charge in [-0.15, -0.1) is 0 Å². The first-order valence-corrected chi connectivity index (χ1v) is 8.60. The molecule has 2 rings (SSSR count). The topological polar surface area (TPSA) is 73.1 Å². The second-order valence-corrected chi connectivity index (χ2v) is 7.74. The number of rotatable bonds is 2. The number of hydrogen-bond acceptors (Lipinski definition) is 3. The maximum Gasteiger partial charge on any atom is 0.417 e. The maximum absolute atomic E-state index is 13.1.